The Bertz CT molecular complexity index is 381. The van der Waals surface area contributed by atoms with Gasteiger partial charge in [-0.05, 0) is 6.07 Å². The van der Waals surface area contributed by atoms with Crippen LogP contribution in [0.15, 0.2) is 6.07 Å². The molecule has 0 amide bonds. The van der Waals surface area contributed by atoms with E-state index in [2.05, 4.69) is 4.98 Å². The van der Waals surface area contributed by atoms with Crippen LogP contribution in [-0.4, -0.2) is 16.1 Å². The number of aromatic nitrogens is 1. The average molecular weight is 203 g/mol. The van der Waals surface area contributed by atoms with Gasteiger partial charge in [-0.15, -0.1) is 0 Å². The van der Waals surface area contributed by atoms with Crippen LogP contribution in [0.3, 0.4) is 0 Å². The number of halogens is 2. The first-order valence-electron chi connectivity index (χ1n) is 3.50. The zero-order chi connectivity index (χ0) is 10.9. The molecule has 7 heteroatoms. The van der Waals surface area contributed by atoms with E-state index in [4.69, 9.17) is 16.6 Å². The molecule has 0 aliphatic carbocycles. The molecular weight excluding hydrogens is 196 g/mol. The van der Waals surface area contributed by atoms with Gasteiger partial charge in [0.15, 0.2) is 0 Å². The number of pyridine rings is 1. The molecule has 0 aromatic carbocycles. The van der Waals surface area contributed by atoms with Gasteiger partial charge in [0.2, 0.25) is 0 Å². The van der Waals surface area contributed by atoms with E-state index >= 15 is 0 Å². The molecule has 0 aliphatic heterocycles. The molecule has 0 unspecified atom stereocenters. The Morgan fingerprint density at radius 1 is 1.50 bits per heavy atom. The molecule has 0 radical (unpaired) electrons. The Labute approximate surface area is 77.3 Å². The zero-order valence-electron chi connectivity index (χ0n) is 6.87. The van der Waals surface area contributed by atoms with Crippen molar-refractivity contribution in [3.63, 3.8) is 0 Å². The van der Waals surface area contributed by atoms with Crippen LogP contribution in [0.5, 0.6) is 0 Å². The van der Waals surface area contributed by atoms with Crippen molar-refractivity contribution in [2.75, 3.05) is 11.5 Å². The minimum Gasteiger partial charge on any atom is -0.478 e. The molecule has 14 heavy (non-hydrogen) atoms. The molecule has 1 heterocycles. The Kier molecular flexibility index (Phi) is 2.50. The van der Waals surface area contributed by atoms with Crippen molar-refractivity contribution >= 4 is 17.5 Å². The van der Waals surface area contributed by atoms with Crippen LogP contribution in [0.4, 0.5) is 20.3 Å². The molecule has 0 spiro atoms. The Morgan fingerprint density at radius 3 is 2.50 bits per heavy atom. The second-order valence-corrected chi connectivity index (χ2v) is 2.50. The molecule has 0 aliphatic rings. The molecule has 0 saturated heterocycles. The second-order valence-electron chi connectivity index (χ2n) is 2.50. The number of nitrogens with two attached hydrogens (primary N) is 2. The van der Waals surface area contributed by atoms with Gasteiger partial charge in [-0.2, -0.15) is 0 Å². The molecular formula is C7H7F2N3O2. The highest BCUT2D eigenvalue weighted by molar-refractivity contribution is 5.91. The van der Waals surface area contributed by atoms with Gasteiger partial charge < -0.3 is 16.6 Å². The average Bonchev–Trinajstić information content (AvgIpc) is 2.08. The summed E-state index contributed by atoms with van der Waals surface area (Å²) in [5.74, 6) is -1.81. The highest BCUT2D eigenvalue weighted by Gasteiger charge is 2.21. The van der Waals surface area contributed by atoms with E-state index in [9.17, 15) is 13.6 Å². The maximum absolute atomic E-state index is 12.3. The van der Waals surface area contributed by atoms with Crippen molar-refractivity contribution in [3.8, 4) is 0 Å². The number of carboxylic acids is 1. The second kappa shape index (κ2) is 3.44. The van der Waals surface area contributed by atoms with E-state index in [1.807, 2.05) is 0 Å². The minimum absolute atomic E-state index is 0.133. The number of rotatable bonds is 2. The highest BCUT2D eigenvalue weighted by Crippen LogP contribution is 2.25. The van der Waals surface area contributed by atoms with Crippen molar-refractivity contribution in [2.45, 2.75) is 6.43 Å². The van der Waals surface area contributed by atoms with Gasteiger partial charge in [-0.3, -0.25) is 0 Å². The number of anilines is 2. The third-order valence-corrected chi connectivity index (χ3v) is 1.55. The molecule has 1 aromatic heterocycles. The number of hydrogen-bond acceptors (Lipinski definition) is 4. The summed E-state index contributed by atoms with van der Waals surface area (Å²) < 4.78 is 24.6. The van der Waals surface area contributed by atoms with E-state index in [1.54, 1.807) is 0 Å². The quantitative estimate of drug-likeness (QED) is 0.662. The number of nitrogen functional groups attached to an aromatic ring is 2. The van der Waals surface area contributed by atoms with Gasteiger partial charge in [0.1, 0.15) is 11.5 Å². The Balaban J connectivity index is 3.39. The highest BCUT2D eigenvalue weighted by atomic mass is 19.3. The molecule has 1 aromatic rings. The minimum atomic E-state index is -3.00. The molecule has 0 bridgehead atoms. The maximum Gasteiger partial charge on any atom is 0.337 e. The molecule has 5 nitrogen and oxygen atoms in total. The Morgan fingerprint density at radius 2 is 2.07 bits per heavy atom. The van der Waals surface area contributed by atoms with Crippen molar-refractivity contribution in [1.29, 1.82) is 0 Å². The summed E-state index contributed by atoms with van der Waals surface area (Å²) in [5.41, 5.74) is 8.76. The standard InChI is InChI=1S/C7H7F2N3O2/c8-5(9)4-2(7(13)14)1-3(10)6(11)12-4/h1,5H,10H2,(H2,11,12)(H,13,14). The van der Waals surface area contributed by atoms with Gasteiger partial charge in [0.05, 0.1) is 11.3 Å². The lowest BCUT2D eigenvalue weighted by atomic mass is 10.2. The summed E-state index contributed by atoms with van der Waals surface area (Å²) in [6.07, 6.45) is -3.00. The van der Waals surface area contributed by atoms with E-state index in [0.717, 1.165) is 6.07 Å². The predicted octanol–water partition coefficient (Wildman–Crippen LogP) is 0.882. The molecule has 5 N–H and O–H groups in total. The molecule has 76 valence electrons. The summed E-state index contributed by atoms with van der Waals surface area (Å²) in [5, 5.41) is 8.56. The topological polar surface area (TPSA) is 102 Å². The fraction of sp³-hybridized carbons (Fsp3) is 0.143. The van der Waals surface area contributed by atoms with Crippen molar-refractivity contribution in [2.24, 2.45) is 0 Å². The van der Waals surface area contributed by atoms with Gasteiger partial charge in [-0.1, -0.05) is 0 Å². The number of nitrogens with zero attached hydrogens (tertiary/aromatic N) is 1. The SMILES string of the molecule is Nc1cc(C(=O)O)c(C(F)F)nc1N. The fourth-order valence-electron chi connectivity index (χ4n) is 0.896. The van der Waals surface area contributed by atoms with E-state index in [1.165, 1.54) is 0 Å². The summed E-state index contributed by atoms with van der Waals surface area (Å²) in [7, 11) is 0. The summed E-state index contributed by atoms with van der Waals surface area (Å²) in [6.45, 7) is 0. The summed E-state index contributed by atoms with van der Waals surface area (Å²) in [4.78, 5) is 13.7. The lowest BCUT2D eigenvalue weighted by Crippen LogP contribution is -2.09. The molecule has 0 fully saturated rings. The summed E-state index contributed by atoms with van der Waals surface area (Å²) >= 11 is 0. The van der Waals surface area contributed by atoms with Gasteiger partial charge >= 0.3 is 5.97 Å². The van der Waals surface area contributed by atoms with E-state index < -0.39 is 23.7 Å². The first-order valence-corrected chi connectivity index (χ1v) is 3.50. The predicted molar refractivity (Wildman–Crippen MR) is 45.0 cm³/mol. The van der Waals surface area contributed by atoms with Crippen LogP contribution in [0.25, 0.3) is 0 Å². The number of aromatic carboxylic acids is 1. The summed E-state index contributed by atoms with van der Waals surface area (Å²) in [6, 6.07) is 0.867. The number of hydrogen-bond donors (Lipinski definition) is 3. The van der Waals surface area contributed by atoms with Gasteiger partial charge in [-0.25, -0.2) is 18.6 Å². The lowest BCUT2D eigenvalue weighted by Gasteiger charge is -2.06. The number of carbonyl (C=O) groups is 1. The van der Waals surface area contributed by atoms with Crippen molar-refractivity contribution in [1.82, 2.24) is 4.98 Å². The normalized spacial score (nSPS) is 10.5. The van der Waals surface area contributed by atoms with E-state index in [0.29, 0.717) is 0 Å². The first kappa shape index (κ1) is 10.2. The van der Waals surface area contributed by atoms with Crippen LogP contribution in [0.1, 0.15) is 22.5 Å². The Hall–Kier alpha value is -1.92. The lowest BCUT2D eigenvalue weighted by molar-refractivity contribution is 0.0682. The van der Waals surface area contributed by atoms with Crippen LogP contribution in [-0.2, 0) is 0 Å². The first-order chi connectivity index (χ1) is 6.43. The van der Waals surface area contributed by atoms with E-state index in [-0.39, 0.29) is 11.5 Å². The monoisotopic (exact) mass is 203 g/mol. The largest absolute Gasteiger partial charge is 0.478 e. The number of carboxylic acid groups (broad SMARTS) is 1. The number of alkyl halides is 2. The van der Waals surface area contributed by atoms with Crippen molar-refractivity contribution < 1.29 is 18.7 Å². The van der Waals surface area contributed by atoms with Crippen LogP contribution in [0.2, 0.25) is 0 Å². The fourth-order valence-corrected chi connectivity index (χ4v) is 0.896. The maximum atomic E-state index is 12.3. The molecule has 1 rings (SSSR count). The van der Waals surface area contributed by atoms with Crippen LogP contribution < -0.4 is 11.5 Å². The molecule has 0 saturated carbocycles. The molecule has 0 atom stereocenters. The smallest absolute Gasteiger partial charge is 0.337 e. The third-order valence-electron chi connectivity index (χ3n) is 1.55. The van der Waals surface area contributed by atoms with Gasteiger partial charge in [0, 0.05) is 0 Å². The van der Waals surface area contributed by atoms with Gasteiger partial charge in [0.25, 0.3) is 6.43 Å². The van der Waals surface area contributed by atoms with Crippen LogP contribution in [0, 0.1) is 0 Å². The van der Waals surface area contributed by atoms with Crippen LogP contribution >= 0.6 is 0 Å². The zero-order valence-corrected chi connectivity index (χ0v) is 6.87. The third kappa shape index (κ3) is 1.70. The van der Waals surface area contributed by atoms with Crippen molar-refractivity contribution in [3.05, 3.63) is 17.3 Å².